The fourth-order valence-corrected chi connectivity index (χ4v) is 0.780. The van der Waals surface area contributed by atoms with Crippen LogP contribution in [-0.2, 0) is 6.54 Å². The van der Waals surface area contributed by atoms with Crippen molar-refractivity contribution in [3.05, 3.63) is 18.0 Å². The Morgan fingerprint density at radius 3 is 3.00 bits per heavy atom. The normalized spacial score (nSPS) is 13.5. The molecule has 1 unspecified atom stereocenters. The van der Waals surface area contributed by atoms with E-state index in [1.54, 1.807) is 17.7 Å². The number of hydrogen-bond acceptors (Lipinski definition) is 2. The third-order valence-corrected chi connectivity index (χ3v) is 1.30. The Bertz CT molecular complexity index is 205. The van der Waals surface area contributed by atoms with E-state index in [0.717, 1.165) is 5.69 Å². The Morgan fingerprint density at radius 2 is 2.60 bits per heavy atom. The van der Waals surface area contributed by atoms with Gasteiger partial charge in [0.25, 0.3) is 0 Å². The maximum atomic E-state index is 8.97. The van der Waals surface area contributed by atoms with Crippen LogP contribution in [0, 0.1) is 13.1 Å². The molecule has 55 valence electrons. The summed E-state index contributed by atoms with van der Waals surface area (Å²) >= 11 is 0. The van der Waals surface area contributed by atoms with Crippen molar-refractivity contribution in [1.29, 1.82) is 0 Å². The van der Waals surface area contributed by atoms with Crippen molar-refractivity contribution < 1.29 is 5.11 Å². The molecule has 0 bridgehead atoms. The number of nitrogens with zero attached hydrogens (tertiary/aromatic N) is 2. The standard InChI is InChI=1S/C7H11N2O/c1-6-3-4-8-9(6)5-7(2)10/h3,7,10H,5H2,1-2H3. The van der Waals surface area contributed by atoms with E-state index >= 15 is 0 Å². The van der Waals surface area contributed by atoms with Gasteiger partial charge < -0.3 is 5.11 Å². The summed E-state index contributed by atoms with van der Waals surface area (Å²) in [6, 6.07) is 1.79. The lowest BCUT2D eigenvalue weighted by atomic mass is 10.4. The molecule has 1 aromatic rings. The Hall–Kier alpha value is -0.830. The summed E-state index contributed by atoms with van der Waals surface area (Å²) in [5.41, 5.74) is 1.03. The first-order chi connectivity index (χ1) is 4.70. The summed E-state index contributed by atoms with van der Waals surface area (Å²) in [4.78, 5) is 0. The second-order valence-corrected chi connectivity index (χ2v) is 2.45. The zero-order chi connectivity index (χ0) is 7.56. The van der Waals surface area contributed by atoms with Crippen molar-refractivity contribution in [1.82, 2.24) is 9.78 Å². The van der Waals surface area contributed by atoms with Crippen molar-refractivity contribution >= 4 is 0 Å². The molecule has 0 aromatic carbocycles. The van der Waals surface area contributed by atoms with Gasteiger partial charge in [0.05, 0.1) is 12.6 Å². The van der Waals surface area contributed by atoms with Crippen molar-refractivity contribution in [2.45, 2.75) is 26.5 Å². The summed E-state index contributed by atoms with van der Waals surface area (Å²) in [6.45, 7) is 4.22. The van der Waals surface area contributed by atoms with E-state index in [9.17, 15) is 0 Å². The van der Waals surface area contributed by atoms with Crippen molar-refractivity contribution in [3.8, 4) is 0 Å². The first-order valence-electron chi connectivity index (χ1n) is 3.28. The van der Waals surface area contributed by atoms with Gasteiger partial charge in [0.15, 0.2) is 0 Å². The zero-order valence-electron chi connectivity index (χ0n) is 6.20. The van der Waals surface area contributed by atoms with Gasteiger partial charge in [0, 0.05) is 5.69 Å². The molecule has 0 fully saturated rings. The summed E-state index contributed by atoms with van der Waals surface area (Å²) in [6.07, 6.45) is 2.36. The molecule has 3 nitrogen and oxygen atoms in total. The fraction of sp³-hybridized carbons (Fsp3) is 0.571. The van der Waals surface area contributed by atoms with Crippen LogP contribution in [-0.4, -0.2) is 21.0 Å². The highest BCUT2D eigenvalue weighted by Gasteiger charge is 1.99. The van der Waals surface area contributed by atoms with Crippen LogP contribution >= 0.6 is 0 Å². The van der Waals surface area contributed by atoms with E-state index in [1.807, 2.05) is 6.92 Å². The molecule has 0 aliphatic carbocycles. The molecule has 0 aliphatic heterocycles. The van der Waals surface area contributed by atoms with Crippen LogP contribution in [0.5, 0.6) is 0 Å². The molecule has 3 heteroatoms. The Balaban J connectivity index is 2.65. The smallest absolute Gasteiger partial charge is 0.113 e. The Kier molecular flexibility index (Phi) is 2.06. The van der Waals surface area contributed by atoms with Crippen LogP contribution in [0.2, 0.25) is 0 Å². The van der Waals surface area contributed by atoms with E-state index in [0.29, 0.717) is 6.54 Å². The van der Waals surface area contributed by atoms with Crippen LogP contribution in [0.3, 0.4) is 0 Å². The molecule has 1 radical (unpaired) electrons. The van der Waals surface area contributed by atoms with Crippen molar-refractivity contribution in [2.75, 3.05) is 0 Å². The minimum absolute atomic E-state index is 0.341. The lowest BCUT2D eigenvalue weighted by Crippen LogP contribution is -2.13. The van der Waals surface area contributed by atoms with Gasteiger partial charge in [-0.2, -0.15) is 5.10 Å². The molecule has 10 heavy (non-hydrogen) atoms. The van der Waals surface area contributed by atoms with Crippen LogP contribution in [0.4, 0.5) is 0 Å². The molecular weight excluding hydrogens is 128 g/mol. The highest BCUT2D eigenvalue weighted by atomic mass is 16.3. The van der Waals surface area contributed by atoms with Gasteiger partial charge in [-0.3, -0.25) is 4.68 Å². The van der Waals surface area contributed by atoms with E-state index in [1.165, 1.54) is 0 Å². The van der Waals surface area contributed by atoms with Crippen LogP contribution in [0.25, 0.3) is 0 Å². The quantitative estimate of drug-likeness (QED) is 0.643. The average Bonchev–Trinajstić information content (AvgIpc) is 2.15. The summed E-state index contributed by atoms with van der Waals surface area (Å²) < 4.78 is 1.73. The van der Waals surface area contributed by atoms with Gasteiger partial charge in [-0.1, -0.05) is 0 Å². The second-order valence-electron chi connectivity index (χ2n) is 2.45. The van der Waals surface area contributed by atoms with Crippen LogP contribution < -0.4 is 0 Å². The monoisotopic (exact) mass is 139 g/mol. The largest absolute Gasteiger partial charge is 0.391 e. The van der Waals surface area contributed by atoms with Gasteiger partial charge in [-0.25, -0.2) is 0 Å². The first kappa shape index (κ1) is 7.28. The van der Waals surface area contributed by atoms with E-state index in [2.05, 4.69) is 11.3 Å². The highest BCUT2D eigenvalue weighted by Crippen LogP contribution is 1.96. The van der Waals surface area contributed by atoms with E-state index < -0.39 is 0 Å². The number of aliphatic hydroxyl groups is 1. The maximum Gasteiger partial charge on any atom is 0.113 e. The molecule has 1 heterocycles. The lowest BCUT2D eigenvalue weighted by molar-refractivity contribution is 0.167. The molecule has 1 atom stereocenters. The number of rotatable bonds is 2. The number of aliphatic hydroxyl groups excluding tert-OH is 1. The molecule has 0 saturated carbocycles. The average molecular weight is 139 g/mol. The Morgan fingerprint density at radius 1 is 1.90 bits per heavy atom. The third-order valence-electron chi connectivity index (χ3n) is 1.30. The minimum atomic E-state index is -0.341. The van der Waals surface area contributed by atoms with Gasteiger partial charge in [0.1, 0.15) is 6.20 Å². The van der Waals surface area contributed by atoms with E-state index in [-0.39, 0.29) is 6.10 Å². The lowest BCUT2D eigenvalue weighted by Gasteiger charge is -2.05. The van der Waals surface area contributed by atoms with Gasteiger partial charge in [-0.15, -0.1) is 0 Å². The van der Waals surface area contributed by atoms with Crippen molar-refractivity contribution in [2.24, 2.45) is 0 Å². The minimum Gasteiger partial charge on any atom is -0.391 e. The number of aromatic nitrogens is 2. The topological polar surface area (TPSA) is 38.0 Å². The zero-order valence-corrected chi connectivity index (χ0v) is 6.20. The molecule has 1 N–H and O–H groups in total. The van der Waals surface area contributed by atoms with Crippen LogP contribution in [0.15, 0.2) is 6.07 Å². The van der Waals surface area contributed by atoms with Gasteiger partial charge in [-0.05, 0) is 19.9 Å². The molecule has 1 rings (SSSR count). The molecule has 0 amide bonds. The van der Waals surface area contributed by atoms with Crippen molar-refractivity contribution in [3.63, 3.8) is 0 Å². The SMILES string of the molecule is Cc1c[c]nn1CC(C)O. The number of aryl methyl sites for hydroxylation is 1. The third kappa shape index (κ3) is 1.57. The molecule has 0 spiro atoms. The Labute approximate surface area is 60.3 Å². The first-order valence-corrected chi connectivity index (χ1v) is 3.28. The van der Waals surface area contributed by atoms with Gasteiger partial charge >= 0.3 is 0 Å². The summed E-state index contributed by atoms with van der Waals surface area (Å²) in [7, 11) is 0. The second kappa shape index (κ2) is 2.84. The predicted molar refractivity (Wildman–Crippen MR) is 37.5 cm³/mol. The maximum absolute atomic E-state index is 8.97. The predicted octanol–water partition coefficient (Wildman–Crippen LogP) is 0.373. The molecule has 1 aromatic heterocycles. The van der Waals surface area contributed by atoms with Crippen LogP contribution in [0.1, 0.15) is 12.6 Å². The van der Waals surface area contributed by atoms with E-state index in [4.69, 9.17) is 5.11 Å². The number of hydrogen-bond donors (Lipinski definition) is 1. The highest BCUT2D eigenvalue weighted by molar-refractivity contribution is 4.95. The summed E-state index contributed by atoms with van der Waals surface area (Å²) in [5.74, 6) is 0. The summed E-state index contributed by atoms with van der Waals surface area (Å²) in [5, 5.41) is 12.9. The fourth-order valence-electron chi connectivity index (χ4n) is 0.780. The van der Waals surface area contributed by atoms with Gasteiger partial charge in [0.2, 0.25) is 0 Å². The molecular formula is C7H11N2O. The molecule has 0 aliphatic rings. The molecule has 0 saturated heterocycles.